The number of aromatic amines is 1. The van der Waals surface area contributed by atoms with Crippen molar-refractivity contribution in [3.05, 3.63) is 89.7 Å². The number of hydrogen-bond acceptors (Lipinski definition) is 7. The Morgan fingerprint density at radius 1 is 1.06 bits per heavy atom. The molecule has 0 fully saturated rings. The maximum atomic E-state index is 14.1. The zero-order valence-corrected chi connectivity index (χ0v) is 19.6. The van der Waals surface area contributed by atoms with Crippen molar-refractivity contribution in [3.63, 3.8) is 0 Å². The Balaban J connectivity index is 1.48. The maximum Gasteiger partial charge on any atom is 0.229 e. The normalized spacial score (nSPS) is 11.9. The first kappa shape index (κ1) is 23.2. The summed E-state index contributed by atoms with van der Waals surface area (Å²) < 4.78 is 54.2. The second-order valence-electron chi connectivity index (χ2n) is 7.82. The molecule has 12 heteroatoms. The van der Waals surface area contributed by atoms with Crippen LogP contribution in [0.5, 0.6) is 0 Å². The van der Waals surface area contributed by atoms with Crippen molar-refractivity contribution in [3.8, 4) is 0 Å². The Kier molecular flexibility index (Phi) is 5.94. The maximum absolute atomic E-state index is 14.1. The number of rotatable bonds is 7. The zero-order valence-electron chi connectivity index (χ0n) is 18.8. The predicted octanol–water partition coefficient (Wildman–Crippen LogP) is 4.90. The van der Waals surface area contributed by atoms with Gasteiger partial charge in [-0.05, 0) is 42.5 Å². The molecule has 9 nitrogen and oxygen atoms in total. The van der Waals surface area contributed by atoms with Crippen molar-refractivity contribution in [2.75, 3.05) is 10.6 Å². The van der Waals surface area contributed by atoms with Gasteiger partial charge in [-0.25, -0.2) is 22.2 Å². The molecule has 0 radical (unpaired) electrons. The molecule has 3 aromatic heterocycles. The van der Waals surface area contributed by atoms with Gasteiger partial charge >= 0.3 is 0 Å². The fourth-order valence-electron chi connectivity index (χ4n) is 3.48. The number of anilines is 4. The van der Waals surface area contributed by atoms with Gasteiger partial charge in [0.25, 0.3) is 0 Å². The molecule has 0 atom stereocenters. The van der Waals surface area contributed by atoms with Gasteiger partial charge in [-0.2, -0.15) is 10.1 Å². The number of fused-ring (bicyclic) bond motifs is 1. The fourth-order valence-corrected chi connectivity index (χ4v) is 4.54. The van der Waals surface area contributed by atoms with E-state index in [4.69, 9.17) is 0 Å². The summed E-state index contributed by atoms with van der Waals surface area (Å²) in [7, 11) is -2.46. The third kappa shape index (κ3) is 4.93. The summed E-state index contributed by atoms with van der Waals surface area (Å²) >= 11 is 0. The minimum absolute atomic E-state index is 0.257. The van der Waals surface area contributed by atoms with E-state index in [9.17, 15) is 17.2 Å². The molecule has 0 bridgehead atoms. The minimum atomic E-state index is -4.21. The summed E-state index contributed by atoms with van der Waals surface area (Å²) in [4.78, 5) is 11.3. The standard InChI is InChI=1S/C24H19F2N7O2S/c1-33-10-7-22(32-33)30-23-16(8-11-36(34,35)21-5-2-17(25)13-19(21)26)14-28-24(31-23)29-18-3-4-20-15(12-18)6-9-27-20/h2-14,27H,1H3,(H2,28,29,30,31,32)/b11-8+. The molecule has 5 rings (SSSR count). The molecular weight excluding hydrogens is 488 g/mol. The lowest BCUT2D eigenvalue weighted by Gasteiger charge is -2.10. The number of H-pyrrole nitrogens is 1. The molecule has 0 aliphatic rings. The summed E-state index contributed by atoms with van der Waals surface area (Å²) in [6.45, 7) is 0. The van der Waals surface area contributed by atoms with Crippen molar-refractivity contribution in [1.29, 1.82) is 0 Å². The Hall–Kier alpha value is -4.58. The second-order valence-corrected chi connectivity index (χ2v) is 9.63. The number of nitrogens with one attached hydrogen (secondary N) is 3. The molecule has 0 spiro atoms. The number of aryl methyl sites for hydroxylation is 1. The van der Waals surface area contributed by atoms with E-state index in [-0.39, 0.29) is 11.8 Å². The molecule has 5 aromatic rings. The van der Waals surface area contributed by atoms with Crippen LogP contribution < -0.4 is 10.6 Å². The third-order valence-electron chi connectivity index (χ3n) is 5.21. The Morgan fingerprint density at radius 2 is 1.92 bits per heavy atom. The molecule has 3 N–H and O–H groups in total. The number of halogens is 2. The van der Waals surface area contributed by atoms with Crippen molar-refractivity contribution >= 4 is 50.1 Å². The van der Waals surface area contributed by atoms with E-state index >= 15 is 0 Å². The van der Waals surface area contributed by atoms with Crippen LogP contribution in [0.3, 0.4) is 0 Å². The van der Waals surface area contributed by atoms with E-state index in [1.807, 2.05) is 30.5 Å². The van der Waals surface area contributed by atoms with Crippen LogP contribution in [0, 0.1) is 11.6 Å². The summed E-state index contributed by atoms with van der Waals surface area (Å²) in [6.07, 6.45) is 6.22. The van der Waals surface area contributed by atoms with E-state index in [2.05, 4.69) is 30.7 Å². The highest BCUT2D eigenvalue weighted by molar-refractivity contribution is 7.94. The Bertz CT molecular complexity index is 1710. The molecular formula is C24H19F2N7O2S. The van der Waals surface area contributed by atoms with Gasteiger partial charge in [0, 0.05) is 65.3 Å². The van der Waals surface area contributed by atoms with E-state index in [1.165, 1.54) is 12.3 Å². The van der Waals surface area contributed by atoms with Gasteiger partial charge in [-0.1, -0.05) is 0 Å². The van der Waals surface area contributed by atoms with Gasteiger partial charge in [0.2, 0.25) is 15.8 Å². The van der Waals surface area contributed by atoms with Crippen molar-refractivity contribution in [2.24, 2.45) is 7.05 Å². The highest BCUT2D eigenvalue weighted by Crippen LogP contribution is 2.25. The highest BCUT2D eigenvalue weighted by atomic mass is 32.2. The summed E-state index contributed by atoms with van der Waals surface area (Å²) in [5.74, 6) is -1.06. The van der Waals surface area contributed by atoms with Crippen LogP contribution in [0.4, 0.5) is 32.1 Å². The third-order valence-corrected chi connectivity index (χ3v) is 6.65. The molecule has 3 heterocycles. The number of aromatic nitrogens is 5. The quantitative estimate of drug-likeness (QED) is 0.268. The fraction of sp³-hybridized carbons (Fsp3) is 0.0417. The lowest BCUT2D eigenvalue weighted by Crippen LogP contribution is -2.04. The number of nitrogens with zero attached hydrogens (tertiary/aromatic N) is 4. The van der Waals surface area contributed by atoms with E-state index in [0.29, 0.717) is 17.4 Å². The van der Waals surface area contributed by atoms with Crippen LogP contribution in [-0.2, 0) is 16.9 Å². The van der Waals surface area contributed by atoms with Crippen LogP contribution in [0.25, 0.3) is 17.0 Å². The first-order valence-corrected chi connectivity index (χ1v) is 12.2. The predicted molar refractivity (Wildman–Crippen MR) is 133 cm³/mol. The molecule has 36 heavy (non-hydrogen) atoms. The van der Waals surface area contributed by atoms with Crippen LogP contribution in [-0.4, -0.2) is 33.2 Å². The Labute approximate surface area is 204 Å². The van der Waals surface area contributed by atoms with E-state index in [1.54, 1.807) is 24.0 Å². The lowest BCUT2D eigenvalue weighted by atomic mass is 10.2. The topological polar surface area (TPSA) is 118 Å². The molecule has 182 valence electrons. The van der Waals surface area contributed by atoms with Crippen molar-refractivity contribution in [2.45, 2.75) is 4.90 Å². The van der Waals surface area contributed by atoms with Crippen LogP contribution >= 0.6 is 0 Å². The number of benzene rings is 2. The Morgan fingerprint density at radius 3 is 2.69 bits per heavy atom. The highest BCUT2D eigenvalue weighted by Gasteiger charge is 2.17. The zero-order chi connectivity index (χ0) is 25.3. The first-order chi connectivity index (χ1) is 17.3. The number of sulfone groups is 1. The van der Waals surface area contributed by atoms with Crippen molar-refractivity contribution < 1.29 is 17.2 Å². The molecule has 0 saturated heterocycles. The van der Waals surface area contributed by atoms with Crippen LogP contribution in [0.2, 0.25) is 0 Å². The molecule has 0 saturated carbocycles. The van der Waals surface area contributed by atoms with Crippen molar-refractivity contribution in [1.82, 2.24) is 24.7 Å². The van der Waals surface area contributed by atoms with Crippen LogP contribution in [0.15, 0.2) is 77.4 Å². The van der Waals surface area contributed by atoms with E-state index in [0.717, 1.165) is 34.1 Å². The minimum Gasteiger partial charge on any atom is -0.361 e. The SMILES string of the molecule is Cn1ccc(Nc2nc(Nc3ccc4[nH]ccc4c3)ncc2/C=C/S(=O)(=O)c2ccc(F)cc2F)n1. The molecule has 2 aromatic carbocycles. The summed E-state index contributed by atoms with van der Waals surface area (Å²) in [6, 6.07) is 11.6. The first-order valence-electron chi connectivity index (χ1n) is 10.6. The lowest BCUT2D eigenvalue weighted by molar-refractivity contribution is 0.552. The van der Waals surface area contributed by atoms with Gasteiger partial charge in [-0.3, -0.25) is 4.68 Å². The summed E-state index contributed by atoms with van der Waals surface area (Å²) in [5.41, 5.74) is 2.04. The van der Waals surface area contributed by atoms with Gasteiger partial charge in [-0.15, -0.1) is 0 Å². The smallest absolute Gasteiger partial charge is 0.229 e. The van der Waals surface area contributed by atoms with Gasteiger partial charge in [0.05, 0.1) is 0 Å². The molecule has 0 unspecified atom stereocenters. The van der Waals surface area contributed by atoms with Gasteiger partial charge < -0.3 is 15.6 Å². The second kappa shape index (κ2) is 9.23. The van der Waals surface area contributed by atoms with E-state index < -0.39 is 26.4 Å². The number of hydrogen-bond donors (Lipinski definition) is 3. The van der Waals surface area contributed by atoms with Gasteiger partial charge in [0.1, 0.15) is 22.3 Å². The average Bonchev–Trinajstić information content (AvgIpc) is 3.46. The monoisotopic (exact) mass is 507 g/mol. The summed E-state index contributed by atoms with van der Waals surface area (Å²) in [5, 5.41) is 12.2. The largest absolute Gasteiger partial charge is 0.361 e. The van der Waals surface area contributed by atoms with Crippen LogP contribution in [0.1, 0.15) is 5.56 Å². The molecule has 0 aliphatic heterocycles. The van der Waals surface area contributed by atoms with Gasteiger partial charge in [0.15, 0.2) is 5.82 Å². The molecule has 0 aliphatic carbocycles. The molecule has 0 amide bonds. The average molecular weight is 508 g/mol.